The number of nitrogens with zero attached hydrogens (tertiary/aromatic N) is 2. The van der Waals surface area contributed by atoms with E-state index >= 15 is 0 Å². The van der Waals surface area contributed by atoms with E-state index in [1.54, 1.807) is 0 Å². The molecule has 1 heterocycles. The Morgan fingerprint density at radius 2 is 1.38 bits per heavy atom. The fourth-order valence-electron chi connectivity index (χ4n) is 2.99. The topological polar surface area (TPSA) is 65.4 Å². The summed E-state index contributed by atoms with van der Waals surface area (Å²) < 4.78 is 11.5. The molecule has 1 aromatic rings. The van der Waals surface area contributed by atoms with Crippen LogP contribution in [-0.4, -0.2) is 71.6 Å². The molecule has 0 atom stereocenters. The molecule has 0 bridgehead atoms. The molecular weight excluding hydrogens is 356 g/mol. The molecule has 0 unspecified atom stereocenters. The molecule has 1 aliphatic rings. The molecule has 1 aromatic carbocycles. The second kappa shape index (κ2) is 10.8. The van der Waals surface area contributed by atoms with Gasteiger partial charge in [-0.25, -0.2) is 0 Å². The number of hydrogen-bond acceptors (Lipinski definition) is 6. The minimum atomic E-state index is -0.0184. The summed E-state index contributed by atoms with van der Waals surface area (Å²) in [5, 5.41) is 19.5. The van der Waals surface area contributed by atoms with Crippen molar-refractivity contribution in [1.29, 1.82) is 0 Å². The van der Waals surface area contributed by atoms with Gasteiger partial charge in [0.05, 0.1) is 18.8 Å². The van der Waals surface area contributed by atoms with Crippen molar-refractivity contribution < 1.29 is 19.7 Å². The first-order chi connectivity index (χ1) is 11.9. The lowest BCUT2D eigenvalue weighted by atomic mass is 10.1. The third kappa shape index (κ3) is 6.83. The standard InChI is InChI=1S/C19H32N2O4.ClH/c1-14(2)24-17-11-16(12-18(19(17)23)25-15(3)4)13-21-7-5-20(6-8-21)9-10-22;/h11-12,14-15,22-23H,5-10,13H2,1-4H3;1H. The van der Waals surface area contributed by atoms with Gasteiger partial charge in [0.1, 0.15) is 0 Å². The highest BCUT2D eigenvalue weighted by atomic mass is 35.5. The van der Waals surface area contributed by atoms with E-state index in [1.165, 1.54) is 0 Å². The maximum Gasteiger partial charge on any atom is 0.200 e. The van der Waals surface area contributed by atoms with Gasteiger partial charge in [-0.15, -0.1) is 12.4 Å². The Bertz CT molecular complexity index is 515. The van der Waals surface area contributed by atoms with E-state index in [0.29, 0.717) is 11.5 Å². The van der Waals surface area contributed by atoms with Crippen LogP contribution < -0.4 is 9.47 Å². The van der Waals surface area contributed by atoms with Gasteiger partial charge in [-0.2, -0.15) is 0 Å². The predicted octanol–water partition coefficient (Wildman–Crippen LogP) is 2.50. The summed E-state index contributed by atoms with van der Waals surface area (Å²) in [5.41, 5.74) is 1.07. The van der Waals surface area contributed by atoms with Crippen LogP contribution in [-0.2, 0) is 6.54 Å². The van der Waals surface area contributed by atoms with Crippen molar-refractivity contribution >= 4 is 12.4 Å². The number of aromatic hydroxyl groups is 1. The van der Waals surface area contributed by atoms with Crippen molar-refractivity contribution in [3.8, 4) is 17.2 Å². The first-order valence-corrected chi connectivity index (χ1v) is 9.13. The molecule has 26 heavy (non-hydrogen) atoms. The van der Waals surface area contributed by atoms with Crippen LogP contribution in [0.15, 0.2) is 12.1 Å². The molecular formula is C19H33ClN2O4. The molecule has 1 aliphatic heterocycles. The molecule has 0 amide bonds. The van der Waals surface area contributed by atoms with Crippen LogP contribution in [0.4, 0.5) is 0 Å². The summed E-state index contributed by atoms with van der Waals surface area (Å²) in [6.07, 6.45) is -0.0369. The first-order valence-electron chi connectivity index (χ1n) is 9.13. The molecule has 0 aromatic heterocycles. The predicted molar refractivity (Wildman–Crippen MR) is 106 cm³/mol. The molecule has 0 saturated carbocycles. The van der Waals surface area contributed by atoms with Crippen LogP contribution in [0.5, 0.6) is 17.2 Å². The number of hydrogen-bond donors (Lipinski definition) is 2. The van der Waals surface area contributed by atoms with Gasteiger partial charge >= 0.3 is 0 Å². The molecule has 2 N–H and O–H groups in total. The normalized spacial score (nSPS) is 16.0. The molecule has 7 heteroatoms. The Balaban J connectivity index is 0.00000338. The quantitative estimate of drug-likeness (QED) is 0.713. The van der Waals surface area contributed by atoms with E-state index in [1.807, 2.05) is 39.8 Å². The monoisotopic (exact) mass is 388 g/mol. The zero-order valence-electron chi connectivity index (χ0n) is 16.3. The Hall–Kier alpha value is -1.21. The van der Waals surface area contributed by atoms with Crippen LogP contribution >= 0.6 is 12.4 Å². The summed E-state index contributed by atoms with van der Waals surface area (Å²) >= 11 is 0. The fraction of sp³-hybridized carbons (Fsp3) is 0.684. The third-order valence-electron chi connectivity index (χ3n) is 4.11. The van der Waals surface area contributed by atoms with Gasteiger partial charge in [0.25, 0.3) is 0 Å². The van der Waals surface area contributed by atoms with Gasteiger partial charge in [-0.05, 0) is 45.4 Å². The number of piperazine rings is 1. The Morgan fingerprint density at radius 3 is 1.81 bits per heavy atom. The number of β-amino-alcohol motifs (C(OH)–C–C–N with tert-alkyl or cyclic N) is 1. The summed E-state index contributed by atoms with van der Waals surface area (Å²) in [6, 6.07) is 3.81. The van der Waals surface area contributed by atoms with Gasteiger partial charge in [0, 0.05) is 39.3 Å². The molecule has 1 fully saturated rings. The molecule has 0 spiro atoms. The van der Waals surface area contributed by atoms with Gasteiger partial charge in [-0.3, -0.25) is 9.80 Å². The van der Waals surface area contributed by atoms with E-state index in [9.17, 15) is 5.11 Å². The lowest BCUT2D eigenvalue weighted by Gasteiger charge is -2.34. The lowest BCUT2D eigenvalue weighted by molar-refractivity contribution is 0.108. The number of phenols is 1. The van der Waals surface area contributed by atoms with E-state index in [2.05, 4.69) is 9.80 Å². The van der Waals surface area contributed by atoms with Crippen LogP contribution in [0, 0.1) is 0 Å². The van der Waals surface area contributed by atoms with Crippen LogP contribution in [0.1, 0.15) is 33.3 Å². The second-order valence-electron chi connectivity index (χ2n) is 7.12. The van der Waals surface area contributed by atoms with E-state index in [0.717, 1.165) is 44.8 Å². The van der Waals surface area contributed by atoms with E-state index in [-0.39, 0.29) is 37.0 Å². The lowest BCUT2D eigenvalue weighted by Crippen LogP contribution is -2.46. The fourth-order valence-corrected chi connectivity index (χ4v) is 2.99. The zero-order valence-corrected chi connectivity index (χ0v) is 17.1. The maximum atomic E-state index is 10.4. The maximum absolute atomic E-state index is 10.4. The van der Waals surface area contributed by atoms with Gasteiger partial charge < -0.3 is 19.7 Å². The average molecular weight is 389 g/mol. The van der Waals surface area contributed by atoms with Crippen molar-refractivity contribution in [2.75, 3.05) is 39.3 Å². The highest BCUT2D eigenvalue weighted by Crippen LogP contribution is 2.39. The molecule has 150 valence electrons. The molecule has 2 rings (SSSR count). The highest BCUT2D eigenvalue weighted by molar-refractivity contribution is 5.85. The number of benzene rings is 1. The van der Waals surface area contributed by atoms with Gasteiger partial charge in [0.2, 0.25) is 5.75 Å². The third-order valence-corrected chi connectivity index (χ3v) is 4.11. The minimum Gasteiger partial charge on any atom is -0.502 e. The summed E-state index contributed by atoms with van der Waals surface area (Å²) in [4.78, 5) is 4.65. The van der Waals surface area contributed by atoms with Crippen molar-refractivity contribution in [2.45, 2.75) is 46.4 Å². The number of halogens is 1. The minimum absolute atomic E-state index is 0. The summed E-state index contributed by atoms with van der Waals surface area (Å²) in [6.45, 7) is 13.3. The number of rotatable bonds is 8. The first kappa shape index (κ1) is 22.8. The van der Waals surface area contributed by atoms with Crippen LogP contribution in [0.2, 0.25) is 0 Å². The molecule has 0 radical (unpaired) electrons. The smallest absolute Gasteiger partial charge is 0.200 e. The Labute approximate surface area is 163 Å². The Morgan fingerprint density at radius 1 is 0.923 bits per heavy atom. The molecule has 0 aliphatic carbocycles. The van der Waals surface area contributed by atoms with Crippen molar-refractivity contribution in [3.05, 3.63) is 17.7 Å². The number of phenolic OH excluding ortho intramolecular Hbond substituents is 1. The van der Waals surface area contributed by atoms with E-state index in [4.69, 9.17) is 14.6 Å². The van der Waals surface area contributed by atoms with Crippen molar-refractivity contribution in [3.63, 3.8) is 0 Å². The highest BCUT2D eigenvalue weighted by Gasteiger charge is 2.19. The van der Waals surface area contributed by atoms with Gasteiger partial charge in [-0.1, -0.05) is 0 Å². The largest absolute Gasteiger partial charge is 0.502 e. The van der Waals surface area contributed by atoms with Crippen molar-refractivity contribution in [2.24, 2.45) is 0 Å². The van der Waals surface area contributed by atoms with Crippen molar-refractivity contribution in [1.82, 2.24) is 9.80 Å². The Kier molecular flexibility index (Phi) is 9.50. The van der Waals surface area contributed by atoms with Crippen LogP contribution in [0.3, 0.4) is 0 Å². The second-order valence-corrected chi connectivity index (χ2v) is 7.12. The summed E-state index contributed by atoms with van der Waals surface area (Å²) in [5.74, 6) is 1.02. The van der Waals surface area contributed by atoms with E-state index < -0.39 is 0 Å². The number of aliphatic hydroxyl groups is 1. The average Bonchev–Trinajstić information content (AvgIpc) is 2.53. The SMILES string of the molecule is CC(C)Oc1cc(CN2CCN(CCO)CC2)cc(OC(C)C)c1O.Cl. The molecule has 1 saturated heterocycles. The number of ether oxygens (including phenoxy) is 2. The zero-order chi connectivity index (χ0) is 18.4. The number of aliphatic hydroxyl groups excluding tert-OH is 1. The summed E-state index contributed by atoms with van der Waals surface area (Å²) in [7, 11) is 0. The molecule has 6 nitrogen and oxygen atoms in total. The van der Waals surface area contributed by atoms with Crippen LogP contribution in [0.25, 0.3) is 0 Å². The van der Waals surface area contributed by atoms with Gasteiger partial charge in [0.15, 0.2) is 11.5 Å².